The van der Waals surface area contributed by atoms with Gasteiger partial charge < -0.3 is 10.3 Å². The summed E-state index contributed by atoms with van der Waals surface area (Å²) in [6.45, 7) is 0. The molecule has 1 amide bonds. The van der Waals surface area contributed by atoms with Gasteiger partial charge in [-0.25, -0.2) is 4.39 Å². The zero-order valence-electron chi connectivity index (χ0n) is 9.04. The summed E-state index contributed by atoms with van der Waals surface area (Å²) in [6.07, 6.45) is 2.69. The van der Waals surface area contributed by atoms with E-state index in [9.17, 15) is 14.0 Å². The van der Waals surface area contributed by atoms with Gasteiger partial charge in [0, 0.05) is 22.9 Å². The van der Waals surface area contributed by atoms with E-state index >= 15 is 0 Å². The highest BCUT2D eigenvalue weighted by Crippen LogP contribution is 2.20. The first-order valence-electron chi connectivity index (χ1n) is 5.01. The molecule has 1 heterocycles. The molecule has 0 aliphatic carbocycles. The Morgan fingerprint density at radius 3 is 2.83 bits per heavy atom. The van der Waals surface area contributed by atoms with Crippen molar-refractivity contribution in [1.82, 2.24) is 4.98 Å². The lowest BCUT2D eigenvalue weighted by Crippen LogP contribution is -2.21. The van der Waals surface area contributed by atoms with Gasteiger partial charge in [-0.15, -0.1) is 0 Å². The number of hydrogen-bond acceptors (Lipinski definition) is 2. The summed E-state index contributed by atoms with van der Waals surface area (Å²) < 4.78 is 14.1. The third-order valence-electron chi connectivity index (χ3n) is 2.25. The van der Waals surface area contributed by atoms with Crippen LogP contribution in [0.25, 0.3) is 0 Å². The predicted octanol–water partition coefficient (Wildman–Crippen LogP) is 2.53. The largest absolute Gasteiger partial charge is 0.367 e. The maximum atomic E-state index is 13.4. The summed E-state index contributed by atoms with van der Waals surface area (Å²) in [7, 11) is 0. The summed E-state index contributed by atoms with van der Waals surface area (Å²) in [5.74, 6) is -1.23. The van der Waals surface area contributed by atoms with Gasteiger partial charge in [0.25, 0.3) is 5.91 Å². The predicted molar refractivity (Wildman–Crippen MR) is 69.1 cm³/mol. The lowest BCUT2D eigenvalue weighted by molar-refractivity contribution is 0.102. The molecule has 0 saturated heterocycles. The first-order valence-corrected chi connectivity index (χ1v) is 5.81. The number of benzene rings is 1. The normalized spacial score (nSPS) is 10.1. The second-order valence-electron chi connectivity index (χ2n) is 3.50. The fourth-order valence-electron chi connectivity index (χ4n) is 1.38. The summed E-state index contributed by atoms with van der Waals surface area (Å²) in [6, 6.07) is 5.38. The molecule has 6 heteroatoms. The van der Waals surface area contributed by atoms with Crippen molar-refractivity contribution in [1.29, 1.82) is 0 Å². The number of nitrogens with one attached hydrogen (secondary N) is 2. The van der Waals surface area contributed by atoms with Gasteiger partial charge in [0.2, 0.25) is 0 Å². The van der Waals surface area contributed by atoms with Crippen LogP contribution >= 0.6 is 15.9 Å². The quantitative estimate of drug-likeness (QED) is 0.895. The SMILES string of the molecule is O=C(Nc1cc(Br)ccc1F)c1c[nH]ccc1=O. The number of pyridine rings is 1. The number of H-pyrrole nitrogens is 1. The second kappa shape index (κ2) is 5.14. The minimum Gasteiger partial charge on any atom is -0.367 e. The summed E-state index contributed by atoms with van der Waals surface area (Å²) in [4.78, 5) is 25.8. The lowest BCUT2D eigenvalue weighted by atomic mass is 10.2. The van der Waals surface area contributed by atoms with Gasteiger partial charge in [0.05, 0.1) is 5.69 Å². The second-order valence-corrected chi connectivity index (χ2v) is 4.42. The van der Waals surface area contributed by atoms with E-state index in [1.807, 2.05) is 0 Å². The number of aromatic nitrogens is 1. The van der Waals surface area contributed by atoms with E-state index in [-0.39, 0.29) is 11.3 Å². The molecule has 0 saturated carbocycles. The molecule has 2 N–H and O–H groups in total. The summed E-state index contributed by atoms with van der Waals surface area (Å²) in [5.41, 5.74) is -0.490. The molecular weight excluding hydrogens is 303 g/mol. The Bertz CT molecular complexity index is 655. The van der Waals surface area contributed by atoms with Crippen molar-refractivity contribution in [2.24, 2.45) is 0 Å². The van der Waals surface area contributed by atoms with Gasteiger partial charge in [-0.2, -0.15) is 0 Å². The van der Waals surface area contributed by atoms with Crippen LogP contribution in [0.1, 0.15) is 10.4 Å². The van der Waals surface area contributed by atoms with Crippen LogP contribution in [0.15, 0.2) is 45.9 Å². The molecule has 0 atom stereocenters. The van der Waals surface area contributed by atoms with Gasteiger partial charge in [-0.3, -0.25) is 9.59 Å². The lowest BCUT2D eigenvalue weighted by Gasteiger charge is -2.06. The van der Waals surface area contributed by atoms with Crippen LogP contribution in [0.3, 0.4) is 0 Å². The Labute approximate surface area is 110 Å². The molecule has 2 rings (SSSR count). The molecule has 0 fully saturated rings. The smallest absolute Gasteiger partial charge is 0.261 e. The Hall–Kier alpha value is -1.95. The van der Waals surface area contributed by atoms with Crippen LogP contribution in [0.2, 0.25) is 0 Å². The van der Waals surface area contributed by atoms with Gasteiger partial charge in [-0.1, -0.05) is 15.9 Å². The van der Waals surface area contributed by atoms with E-state index in [1.165, 1.54) is 36.7 Å². The fraction of sp³-hybridized carbons (Fsp3) is 0. The first-order chi connectivity index (χ1) is 8.58. The number of halogens is 2. The minimum absolute atomic E-state index is 0.0117. The monoisotopic (exact) mass is 310 g/mol. The first kappa shape index (κ1) is 12.5. The van der Waals surface area contributed by atoms with Crippen molar-refractivity contribution in [3.63, 3.8) is 0 Å². The number of anilines is 1. The molecule has 1 aromatic heterocycles. The zero-order chi connectivity index (χ0) is 13.1. The van der Waals surface area contributed by atoms with E-state index in [1.54, 1.807) is 0 Å². The molecule has 0 bridgehead atoms. The van der Waals surface area contributed by atoms with E-state index in [0.29, 0.717) is 4.47 Å². The fourth-order valence-corrected chi connectivity index (χ4v) is 1.74. The molecule has 0 spiro atoms. The topological polar surface area (TPSA) is 62.0 Å². The highest BCUT2D eigenvalue weighted by atomic mass is 79.9. The maximum Gasteiger partial charge on any atom is 0.261 e. The summed E-state index contributed by atoms with van der Waals surface area (Å²) in [5, 5.41) is 2.34. The number of rotatable bonds is 2. The molecule has 0 unspecified atom stereocenters. The Morgan fingerprint density at radius 2 is 2.11 bits per heavy atom. The Morgan fingerprint density at radius 1 is 1.33 bits per heavy atom. The van der Waals surface area contributed by atoms with Crippen molar-refractivity contribution in [2.75, 3.05) is 5.32 Å². The van der Waals surface area contributed by atoms with E-state index in [2.05, 4.69) is 26.2 Å². The van der Waals surface area contributed by atoms with E-state index in [4.69, 9.17) is 0 Å². The molecule has 4 nitrogen and oxygen atoms in total. The van der Waals surface area contributed by atoms with E-state index < -0.39 is 17.2 Å². The highest BCUT2D eigenvalue weighted by molar-refractivity contribution is 9.10. The van der Waals surface area contributed by atoms with Gasteiger partial charge in [0.1, 0.15) is 11.4 Å². The van der Waals surface area contributed by atoms with Crippen molar-refractivity contribution in [2.45, 2.75) is 0 Å². The Kier molecular flexibility index (Phi) is 3.57. The Balaban J connectivity index is 2.30. The zero-order valence-corrected chi connectivity index (χ0v) is 10.6. The van der Waals surface area contributed by atoms with Gasteiger partial charge in [0.15, 0.2) is 5.43 Å². The average Bonchev–Trinajstić information content (AvgIpc) is 2.34. The van der Waals surface area contributed by atoms with Crippen LogP contribution in [-0.2, 0) is 0 Å². The van der Waals surface area contributed by atoms with Crippen LogP contribution in [0.5, 0.6) is 0 Å². The standard InChI is InChI=1S/C12H8BrFN2O2/c13-7-1-2-9(14)10(5-7)16-12(18)8-6-15-4-3-11(8)17/h1-6H,(H,15,17)(H,16,18). The maximum absolute atomic E-state index is 13.4. The van der Waals surface area contributed by atoms with Crippen molar-refractivity contribution in [3.8, 4) is 0 Å². The summed E-state index contributed by atoms with van der Waals surface area (Å²) >= 11 is 3.17. The van der Waals surface area contributed by atoms with Crippen molar-refractivity contribution in [3.05, 3.63) is 62.7 Å². The molecule has 0 aliphatic rings. The molecule has 0 radical (unpaired) electrons. The molecule has 1 aromatic carbocycles. The molecule has 18 heavy (non-hydrogen) atoms. The van der Waals surface area contributed by atoms with Gasteiger partial charge >= 0.3 is 0 Å². The number of amides is 1. The molecular formula is C12H8BrFN2O2. The van der Waals surface area contributed by atoms with Crippen LogP contribution in [0, 0.1) is 5.82 Å². The number of aromatic amines is 1. The van der Waals surface area contributed by atoms with Crippen LogP contribution < -0.4 is 10.7 Å². The number of carbonyl (C=O) groups excluding carboxylic acids is 1. The molecule has 92 valence electrons. The number of hydrogen-bond donors (Lipinski definition) is 2. The average molecular weight is 311 g/mol. The minimum atomic E-state index is -0.658. The number of carbonyl (C=O) groups is 1. The van der Waals surface area contributed by atoms with Crippen molar-refractivity contribution < 1.29 is 9.18 Å². The van der Waals surface area contributed by atoms with Crippen LogP contribution in [0.4, 0.5) is 10.1 Å². The third kappa shape index (κ3) is 2.65. The third-order valence-corrected chi connectivity index (χ3v) is 2.74. The van der Waals surface area contributed by atoms with Gasteiger partial charge in [-0.05, 0) is 18.2 Å². The van der Waals surface area contributed by atoms with E-state index in [0.717, 1.165) is 0 Å². The molecule has 2 aromatic rings. The highest BCUT2D eigenvalue weighted by Gasteiger charge is 2.12. The molecule has 0 aliphatic heterocycles. The van der Waals surface area contributed by atoms with Crippen LogP contribution in [-0.4, -0.2) is 10.9 Å². The van der Waals surface area contributed by atoms with Crippen molar-refractivity contribution >= 4 is 27.5 Å².